The number of halogens is 1. The zero-order chi connectivity index (χ0) is 23.4. The number of piperidine rings is 1. The van der Waals surface area contributed by atoms with Crippen molar-refractivity contribution in [3.63, 3.8) is 0 Å². The Morgan fingerprint density at radius 1 is 1.06 bits per heavy atom. The highest BCUT2D eigenvalue weighted by molar-refractivity contribution is 9.10. The molecule has 4 rings (SSSR count). The lowest BCUT2D eigenvalue weighted by molar-refractivity contribution is 0.175. The van der Waals surface area contributed by atoms with Crippen molar-refractivity contribution in [2.75, 3.05) is 13.1 Å². The lowest BCUT2D eigenvalue weighted by Crippen LogP contribution is -2.38. The molecule has 1 fully saturated rings. The first-order chi connectivity index (χ1) is 15.9. The number of aromatic amines is 1. The van der Waals surface area contributed by atoms with Gasteiger partial charge in [-0.1, -0.05) is 34.1 Å². The number of likely N-dealkylation sites (tertiary alicyclic amines) is 1. The molecule has 174 valence electrons. The van der Waals surface area contributed by atoms with Gasteiger partial charge in [-0.2, -0.15) is 0 Å². The normalized spacial score (nSPS) is 15.2. The highest BCUT2D eigenvalue weighted by Crippen LogP contribution is 2.29. The molecule has 3 aromatic rings. The predicted octanol–water partition coefficient (Wildman–Crippen LogP) is 4.53. The van der Waals surface area contributed by atoms with Crippen molar-refractivity contribution < 1.29 is 4.74 Å². The number of rotatable bonds is 7. The summed E-state index contributed by atoms with van der Waals surface area (Å²) >= 11 is 3.68. The molecule has 0 amide bonds. The van der Waals surface area contributed by atoms with Gasteiger partial charge < -0.3 is 9.72 Å². The Labute approximate surface area is 202 Å². The molecule has 1 N–H and O–H groups in total. The maximum absolute atomic E-state index is 12.6. The second-order valence-electron chi connectivity index (χ2n) is 8.95. The largest absolute Gasteiger partial charge is 0.491 e. The van der Waals surface area contributed by atoms with E-state index < -0.39 is 5.69 Å². The Balaban J connectivity index is 1.37. The molecule has 1 aliphatic heterocycles. The summed E-state index contributed by atoms with van der Waals surface area (Å²) in [6.07, 6.45) is 3.32. The quantitative estimate of drug-likeness (QED) is 0.505. The fourth-order valence-electron chi connectivity index (χ4n) is 4.40. The van der Waals surface area contributed by atoms with Crippen LogP contribution in [0.1, 0.15) is 37.9 Å². The van der Waals surface area contributed by atoms with Crippen LogP contribution >= 0.6 is 15.9 Å². The molecule has 2 aromatic carbocycles. The van der Waals surface area contributed by atoms with E-state index in [-0.39, 0.29) is 11.7 Å². The highest BCUT2D eigenvalue weighted by atomic mass is 79.9. The van der Waals surface area contributed by atoms with E-state index in [9.17, 15) is 9.59 Å². The van der Waals surface area contributed by atoms with Crippen molar-refractivity contribution in [3.8, 4) is 11.4 Å². The molecule has 1 saturated heterocycles. The van der Waals surface area contributed by atoms with Crippen LogP contribution in [0.15, 0.2) is 68.7 Å². The van der Waals surface area contributed by atoms with Gasteiger partial charge in [-0.15, -0.1) is 0 Å². The Bertz CT molecular complexity index is 1160. The first-order valence-corrected chi connectivity index (χ1v) is 12.3. The van der Waals surface area contributed by atoms with Gasteiger partial charge in [0, 0.05) is 22.8 Å². The lowest BCUT2D eigenvalue weighted by Gasteiger charge is -2.32. The van der Waals surface area contributed by atoms with Gasteiger partial charge in [0.1, 0.15) is 5.75 Å². The summed E-state index contributed by atoms with van der Waals surface area (Å²) in [5.74, 6) is 1.51. The number of H-pyrrole nitrogens is 1. The molecule has 33 heavy (non-hydrogen) atoms. The number of hydrogen-bond acceptors (Lipinski definition) is 4. The van der Waals surface area contributed by atoms with Crippen molar-refractivity contribution in [2.45, 2.75) is 45.8 Å². The molecule has 0 spiro atoms. The Hall–Kier alpha value is -2.64. The topological polar surface area (TPSA) is 67.3 Å². The summed E-state index contributed by atoms with van der Waals surface area (Å²) in [6, 6.07) is 16.7. The second kappa shape index (κ2) is 10.5. The maximum atomic E-state index is 12.6. The van der Waals surface area contributed by atoms with Gasteiger partial charge in [0.2, 0.25) is 0 Å². The third kappa shape index (κ3) is 6.03. The summed E-state index contributed by atoms with van der Waals surface area (Å²) in [7, 11) is 0. The monoisotopic (exact) mass is 511 g/mol. The summed E-state index contributed by atoms with van der Waals surface area (Å²) in [5, 5.41) is 0. The Morgan fingerprint density at radius 3 is 2.45 bits per heavy atom. The van der Waals surface area contributed by atoms with E-state index >= 15 is 0 Å². The number of hydrogen-bond donors (Lipinski definition) is 1. The standard InChI is InChI=1S/C26H30BrN3O3/c1-18(2)33-23-8-9-24(27)20(15-23)14-19-10-12-29(13-11-19)17-21-16-25(31)30(26(32)28-21)22-6-4-3-5-7-22/h3-9,15-16,18-19H,10-14,17H2,1-2H3,(H,28,32). The molecule has 2 heterocycles. The van der Waals surface area contributed by atoms with Gasteiger partial charge in [0.25, 0.3) is 5.56 Å². The van der Waals surface area contributed by atoms with Crippen LogP contribution in [0.3, 0.4) is 0 Å². The SMILES string of the molecule is CC(C)Oc1ccc(Br)c(CC2CCN(Cc3cc(=O)n(-c4ccccc4)c(=O)[nH]3)CC2)c1. The van der Waals surface area contributed by atoms with Crippen molar-refractivity contribution in [3.05, 3.63) is 91.2 Å². The fraction of sp³-hybridized carbons (Fsp3) is 0.385. The van der Waals surface area contributed by atoms with E-state index in [2.05, 4.69) is 37.9 Å². The van der Waals surface area contributed by atoms with Crippen LogP contribution in [0.5, 0.6) is 5.75 Å². The number of para-hydroxylation sites is 1. The summed E-state index contributed by atoms with van der Waals surface area (Å²) in [6.45, 7) is 6.53. The number of benzene rings is 2. The molecular weight excluding hydrogens is 482 g/mol. The van der Waals surface area contributed by atoms with Crippen LogP contribution in [0.25, 0.3) is 5.69 Å². The van der Waals surface area contributed by atoms with Crippen molar-refractivity contribution in [2.24, 2.45) is 5.92 Å². The van der Waals surface area contributed by atoms with Crippen LogP contribution in [-0.2, 0) is 13.0 Å². The van der Waals surface area contributed by atoms with Gasteiger partial charge in [-0.25, -0.2) is 9.36 Å². The van der Waals surface area contributed by atoms with E-state index in [1.165, 1.54) is 16.2 Å². The maximum Gasteiger partial charge on any atom is 0.333 e. The van der Waals surface area contributed by atoms with E-state index in [0.717, 1.165) is 42.6 Å². The zero-order valence-corrected chi connectivity index (χ0v) is 20.7. The minimum absolute atomic E-state index is 0.156. The molecule has 0 saturated carbocycles. The third-order valence-corrected chi connectivity index (χ3v) is 6.78. The predicted molar refractivity (Wildman–Crippen MR) is 134 cm³/mol. The number of aromatic nitrogens is 2. The minimum atomic E-state index is -0.396. The smallest absolute Gasteiger partial charge is 0.333 e. The summed E-state index contributed by atoms with van der Waals surface area (Å²) < 4.78 is 8.15. The van der Waals surface area contributed by atoms with Crippen LogP contribution in [0.4, 0.5) is 0 Å². The van der Waals surface area contributed by atoms with Crippen molar-refractivity contribution in [1.29, 1.82) is 0 Å². The molecule has 0 radical (unpaired) electrons. The number of ether oxygens (including phenoxy) is 1. The van der Waals surface area contributed by atoms with Gasteiger partial charge >= 0.3 is 5.69 Å². The second-order valence-corrected chi connectivity index (χ2v) is 9.81. The first kappa shape index (κ1) is 23.5. The van der Waals surface area contributed by atoms with Crippen LogP contribution in [-0.4, -0.2) is 33.6 Å². The molecule has 0 atom stereocenters. The van der Waals surface area contributed by atoms with Gasteiger partial charge in [-0.05, 0) is 88.0 Å². The zero-order valence-electron chi connectivity index (χ0n) is 19.1. The Morgan fingerprint density at radius 2 is 1.79 bits per heavy atom. The molecule has 7 heteroatoms. The van der Waals surface area contributed by atoms with E-state index in [1.54, 1.807) is 12.1 Å². The molecular formula is C26H30BrN3O3. The molecule has 0 unspecified atom stereocenters. The van der Waals surface area contributed by atoms with E-state index in [0.29, 0.717) is 23.8 Å². The van der Waals surface area contributed by atoms with E-state index in [4.69, 9.17) is 4.74 Å². The molecule has 0 aliphatic carbocycles. The number of nitrogens with zero attached hydrogens (tertiary/aromatic N) is 2. The molecule has 0 bridgehead atoms. The van der Waals surface area contributed by atoms with Gasteiger partial charge in [0.05, 0.1) is 11.8 Å². The summed E-state index contributed by atoms with van der Waals surface area (Å²) in [5.41, 5.74) is 1.82. The average molecular weight is 512 g/mol. The Kier molecular flexibility index (Phi) is 7.50. The third-order valence-electron chi connectivity index (χ3n) is 6.00. The van der Waals surface area contributed by atoms with Crippen LogP contribution in [0.2, 0.25) is 0 Å². The average Bonchev–Trinajstić information content (AvgIpc) is 2.77. The molecule has 1 aromatic heterocycles. The van der Waals surface area contributed by atoms with E-state index in [1.807, 2.05) is 38.1 Å². The fourth-order valence-corrected chi connectivity index (χ4v) is 4.81. The molecule has 1 aliphatic rings. The van der Waals surface area contributed by atoms with Crippen molar-refractivity contribution >= 4 is 15.9 Å². The lowest BCUT2D eigenvalue weighted by atomic mass is 9.90. The van der Waals surface area contributed by atoms with Crippen molar-refractivity contribution in [1.82, 2.24) is 14.5 Å². The van der Waals surface area contributed by atoms with Crippen LogP contribution in [0, 0.1) is 5.92 Å². The number of nitrogens with one attached hydrogen (secondary N) is 1. The highest BCUT2D eigenvalue weighted by Gasteiger charge is 2.21. The van der Waals surface area contributed by atoms with Crippen LogP contribution < -0.4 is 16.0 Å². The first-order valence-electron chi connectivity index (χ1n) is 11.5. The van der Waals surface area contributed by atoms with Gasteiger partial charge in [0.15, 0.2) is 0 Å². The van der Waals surface area contributed by atoms with Gasteiger partial charge in [-0.3, -0.25) is 9.69 Å². The minimum Gasteiger partial charge on any atom is -0.491 e. The molecule has 6 nitrogen and oxygen atoms in total. The summed E-state index contributed by atoms with van der Waals surface area (Å²) in [4.78, 5) is 30.3.